The van der Waals surface area contributed by atoms with Crippen molar-refractivity contribution >= 4 is 34.9 Å². The van der Waals surface area contributed by atoms with E-state index in [1.165, 1.54) is 4.57 Å². The van der Waals surface area contributed by atoms with Gasteiger partial charge in [-0.3, -0.25) is 19.0 Å². The van der Waals surface area contributed by atoms with Gasteiger partial charge in [0, 0.05) is 45.0 Å². The number of fused-ring (bicyclic) bond motifs is 1. The number of benzene rings is 1. The summed E-state index contributed by atoms with van der Waals surface area (Å²) in [6, 6.07) is 5.08. The summed E-state index contributed by atoms with van der Waals surface area (Å²) in [4.78, 5) is 43.7. The summed E-state index contributed by atoms with van der Waals surface area (Å²) in [6.45, 7) is 6.16. The lowest BCUT2D eigenvalue weighted by atomic mass is 9.92. The summed E-state index contributed by atoms with van der Waals surface area (Å²) in [5, 5.41) is 3.47. The van der Waals surface area contributed by atoms with Gasteiger partial charge in [0.1, 0.15) is 0 Å². The number of hydrogen-bond donors (Lipinski definition) is 2. The Kier molecular flexibility index (Phi) is 8.80. The number of likely N-dealkylation sites (tertiary alicyclic amines) is 1. The van der Waals surface area contributed by atoms with Gasteiger partial charge in [-0.05, 0) is 63.0 Å². The maximum atomic E-state index is 13.4. The molecule has 1 aliphatic heterocycles. The molecule has 180 valence electrons. The van der Waals surface area contributed by atoms with Gasteiger partial charge in [0.2, 0.25) is 5.91 Å². The second kappa shape index (κ2) is 11.6. The summed E-state index contributed by atoms with van der Waals surface area (Å²) >= 11 is 5.38. The number of unbranched alkanes of at least 4 members (excludes halogenated alkanes) is 1. The van der Waals surface area contributed by atoms with E-state index in [1.807, 2.05) is 6.92 Å². The minimum absolute atomic E-state index is 0.0183. The predicted octanol–water partition coefficient (Wildman–Crippen LogP) is 3.25. The van der Waals surface area contributed by atoms with Gasteiger partial charge in [-0.2, -0.15) is 0 Å². The molecule has 2 amide bonds. The predicted molar refractivity (Wildman–Crippen MR) is 131 cm³/mol. The molecule has 8 nitrogen and oxygen atoms in total. The van der Waals surface area contributed by atoms with Gasteiger partial charge in [-0.15, -0.1) is 0 Å². The number of aromatic amines is 1. The molecule has 9 heteroatoms. The number of carbonyl (C=O) groups is 2. The van der Waals surface area contributed by atoms with E-state index in [1.54, 1.807) is 30.2 Å². The van der Waals surface area contributed by atoms with Crippen molar-refractivity contribution in [2.45, 2.75) is 58.5 Å². The zero-order valence-corrected chi connectivity index (χ0v) is 20.5. The quantitative estimate of drug-likeness (QED) is 0.430. The van der Waals surface area contributed by atoms with Crippen LogP contribution in [0.15, 0.2) is 23.0 Å². The van der Waals surface area contributed by atoms with Gasteiger partial charge in [-0.1, -0.05) is 13.3 Å². The smallest absolute Gasteiger partial charge is 0.262 e. The van der Waals surface area contributed by atoms with Crippen molar-refractivity contribution in [3.8, 4) is 0 Å². The molecule has 1 aromatic heterocycles. The van der Waals surface area contributed by atoms with E-state index >= 15 is 0 Å². The average Bonchev–Trinajstić information content (AvgIpc) is 2.80. The van der Waals surface area contributed by atoms with E-state index in [-0.39, 0.29) is 29.3 Å². The molecule has 0 spiro atoms. The van der Waals surface area contributed by atoms with Crippen molar-refractivity contribution in [3.05, 3.63) is 38.9 Å². The van der Waals surface area contributed by atoms with Crippen molar-refractivity contribution in [2.75, 3.05) is 26.8 Å². The van der Waals surface area contributed by atoms with E-state index in [4.69, 9.17) is 17.0 Å². The van der Waals surface area contributed by atoms with Crippen LogP contribution in [-0.4, -0.2) is 59.1 Å². The Balaban J connectivity index is 1.81. The van der Waals surface area contributed by atoms with Crippen LogP contribution in [0.25, 0.3) is 10.9 Å². The number of nitrogens with one attached hydrogen (secondary N) is 2. The molecular weight excluding hydrogens is 440 g/mol. The van der Waals surface area contributed by atoms with Gasteiger partial charge in [0.25, 0.3) is 11.5 Å². The maximum absolute atomic E-state index is 13.4. The summed E-state index contributed by atoms with van der Waals surface area (Å²) in [6.07, 6.45) is 4.20. The van der Waals surface area contributed by atoms with Gasteiger partial charge in [0.05, 0.1) is 16.8 Å². The molecule has 1 aromatic carbocycles. The van der Waals surface area contributed by atoms with Gasteiger partial charge >= 0.3 is 0 Å². The van der Waals surface area contributed by atoms with Crippen LogP contribution < -0.4 is 10.9 Å². The first-order valence-electron chi connectivity index (χ1n) is 11.7. The molecule has 3 rings (SSSR count). The highest BCUT2D eigenvalue weighted by atomic mass is 32.1. The van der Waals surface area contributed by atoms with E-state index < -0.39 is 0 Å². The first-order valence-corrected chi connectivity index (χ1v) is 12.1. The summed E-state index contributed by atoms with van der Waals surface area (Å²) in [5.41, 5.74) is 0.833. The van der Waals surface area contributed by atoms with Crippen molar-refractivity contribution in [3.63, 3.8) is 0 Å². The number of methoxy groups -OCH3 is 1. The number of hydrogen-bond acceptors (Lipinski definition) is 5. The first kappa shape index (κ1) is 25.1. The van der Waals surface area contributed by atoms with Crippen LogP contribution >= 0.6 is 12.2 Å². The highest BCUT2D eigenvalue weighted by Crippen LogP contribution is 2.25. The molecule has 1 aliphatic rings. The van der Waals surface area contributed by atoms with Gasteiger partial charge in [0.15, 0.2) is 4.77 Å². The number of nitrogens with zero attached hydrogens (tertiary/aromatic N) is 2. The minimum atomic E-state index is -0.201. The number of H-pyrrole nitrogens is 1. The monoisotopic (exact) mass is 474 g/mol. The van der Waals surface area contributed by atoms with Crippen LogP contribution in [0.3, 0.4) is 0 Å². The van der Waals surface area contributed by atoms with Crippen LogP contribution in [-0.2, 0) is 16.1 Å². The third-order valence-electron chi connectivity index (χ3n) is 6.30. The van der Waals surface area contributed by atoms with Gasteiger partial charge in [-0.25, -0.2) is 0 Å². The van der Waals surface area contributed by atoms with E-state index in [0.29, 0.717) is 53.9 Å². The lowest BCUT2D eigenvalue weighted by Gasteiger charge is -2.37. The van der Waals surface area contributed by atoms with Crippen LogP contribution in [0.5, 0.6) is 0 Å². The zero-order chi connectivity index (χ0) is 24.0. The summed E-state index contributed by atoms with van der Waals surface area (Å²) < 4.78 is 6.90. The van der Waals surface area contributed by atoms with Crippen molar-refractivity contribution in [1.82, 2.24) is 19.8 Å². The molecule has 2 atom stereocenters. The molecule has 0 aliphatic carbocycles. The Bertz CT molecular complexity index is 1110. The third kappa shape index (κ3) is 5.89. The fraction of sp³-hybridized carbons (Fsp3) is 0.583. The number of amides is 2. The largest absolute Gasteiger partial charge is 0.385 e. The molecule has 33 heavy (non-hydrogen) atoms. The van der Waals surface area contributed by atoms with Crippen molar-refractivity contribution < 1.29 is 14.3 Å². The Morgan fingerprint density at radius 3 is 2.79 bits per heavy atom. The van der Waals surface area contributed by atoms with Crippen molar-refractivity contribution in [2.24, 2.45) is 5.92 Å². The molecule has 0 radical (unpaired) electrons. The highest BCUT2D eigenvalue weighted by molar-refractivity contribution is 7.71. The third-order valence-corrected chi connectivity index (χ3v) is 6.62. The fourth-order valence-corrected chi connectivity index (χ4v) is 4.54. The molecule has 1 fully saturated rings. The van der Waals surface area contributed by atoms with Crippen molar-refractivity contribution in [1.29, 1.82) is 0 Å². The van der Waals surface area contributed by atoms with Crippen LogP contribution in [0.2, 0.25) is 0 Å². The Morgan fingerprint density at radius 2 is 2.06 bits per heavy atom. The number of rotatable bonds is 9. The zero-order valence-electron chi connectivity index (χ0n) is 19.7. The summed E-state index contributed by atoms with van der Waals surface area (Å²) in [7, 11) is 1.62. The number of ether oxygens (including phenoxy) is 1. The Morgan fingerprint density at radius 1 is 1.27 bits per heavy atom. The first-order chi connectivity index (χ1) is 15.9. The average molecular weight is 475 g/mol. The SMILES string of the molecule is CCCCNC(=O)C1CCC(C)N(C(=O)c2ccc3c(=O)n(CCCOC)c(=S)[nH]c3c2)C1. The molecule has 2 aromatic rings. The molecule has 2 heterocycles. The van der Waals surface area contributed by atoms with E-state index in [9.17, 15) is 14.4 Å². The highest BCUT2D eigenvalue weighted by Gasteiger charge is 2.33. The number of piperidine rings is 1. The molecule has 1 saturated heterocycles. The van der Waals surface area contributed by atoms with Crippen LogP contribution in [0, 0.1) is 10.7 Å². The number of aromatic nitrogens is 2. The standard InChI is InChI=1S/C24H34N4O4S/c1-4-5-11-25-21(29)18-8-7-16(2)28(15-18)22(30)17-9-10-19-20(14-17)26-24(33)27(23(19)31)12-6-13-32-3/h9-10,14,16,18H,4-8,11-13,15H2,1-3H3,(H,25,29)(H,26,33). The van der Waals surface area contributed by atoms with Crippen LogP contribution in [0.1, 0.15) is 56.3 Å². The topological polar surface area (TPSA) is 96.4 Å². The lowest BCUT2D eigenvalue weighted by Crippen LogP contribution is -2.49. The number of carbonyl (C=O) groups excluding carboxylic acids is 2. The molecule has 0 saturated carbocycles. The molecule has 0 bridgehead atoms. The fourth-order valence-electron chi connectivity index (χ4n) is 4.26. The lowest BCUT2D eigenvalue weighted by molar-refractivity contribution is -0.126. The Labute approximate surface area is 199 Å². The molecular formula is C24H34N4O4S. The second-order valence-electron chi connectivity index (χ2n) is 8.72. The second-order valence-corrected chi connectivity index (χ2v) is 9.11. The summed E-state index contributed by atoms with van der Waals surface area (Å²) in [5.74, 6) is -0.323. The maximum Gasteiger partial charge on any atom is 0.262 e. The van der Waals surface area contributed by atoms with E-state index in [2.05, 4.69) is 17.2 Å². The van der Waals surface area contributed by atoms with Gasteiger partial charge < -0.3 is 19.9 Å². The minimum Gasteiger partial charge on any atom is -0.385 e. The molecule has 2 unspecified atom stereocenters. The molecule has 2 N–H and O–H groups in total. The Hall–Kier alpha value is -2.52. The van der Waals surface area contributed by atoms with E-state index in [0.717, 1.165) is 25.7 Å². The normalized spacial score (nSPS) is 18.5. The van der Waals surface area contributed by atoms with Crippen LogP contribution in [0.4, 0.5) is 0 Å².